The fraction of sp³-hybridized carbons (Fsp3) is 0.154. The monoisotopic (exact) mass is 428 g/mol. The number of anilines is 1. The van der Waals surface area contributed by atoms with Gasteiger partial charge in [-0.25, -0.2) is 5.01 Å². The molecule has 6 nitrogen and oxygen atoms in total. The summed E-state index contributed by atoms with van der Waals surface area (Å²) in [6.07, 6.45) is 1.58. The van der Waals surface area contributed by atoms with Crippen molar-refractivity contribution in [2.75, 3.05) is 18.2 Å². The number of nitrogens with one attached hydrogen (secondary N) is 1. The Hall–Kier alpha value is -4.06. The van der Waals surface area contributed by atoms with Gasteiger partial charge in [-0.2, -0.15) is 0 Å². The Kier molecular flexibility index (Phi) is 6.22. The van der Waals surface area contributed by atoms with Crippen LogP contribution in [0.1, 0.15) is 16.7 Å². The van der Waals surface area contributed by atoms with Crippen molar-refractivity contribution in [1.82, 2.24) is 5.43 Å². The zero-order valence-electron chi connectivity index (χ0n) is 18.0. The predicted molar refractivity (Wildman–Crippen MR) is 123 cm³/mol. The summed E-state index contributed by atoms with van der Waals surface area (Å²) < 4.78 is 11.6. The Bertz CT molecular complexity index is 1130. The molecule has 0 aliphatic carbocycles. The van der Waals surface area contributed by atoms with E-state index in [9.17, 15) is 9.59 Å². The van der Waals surface area contributed by atoms with Crippen molar-refractivity contribution < 1.29 is 19.1 Å². The predicted octanol–water partition coefficient (Wildman–Crippen LogP) is 4.22. The minimum Gasteiger partial charge on any atom is -0.490 e. The quantitative estimate of drug-likeness (QED) is 0.348. The molecule has 1 heterocycles. The number of carbonyl (C=O) groups is 2. The van der Waals surface area contributed by atoms with E-state index in [0.29, 0.717) is 24.7 Å². The smallest absolute Gasteiger partial charge is 0.282 e. The zero-order chi connectivity index (χ0) is 22.5. The maximum absolute atomic E-state index is 12.7. The third-order valence-corrected chi connectivity index (χ3v) is 5.10. The van der Waals surface area contributed by atoms with E-state index >= 15 is 0 Å². The molecule has 3 aromatic carbocycles. The fourth-order valence-corrected chi connectivity index (χ4v) is 3.47. The van der Waals surface area contributed by atoms with Crippen LogP contribution in [0, 0.1) is 13.8 Å². The molecule has 0 saturated carbocycles. The lowest BCUT2D eigenvalue weighted by Gasteiger charge is -2.13. The number of para-hydroxylation sites is 2. The minimum absolute atomic E-state index is 0.0875. The average molecular weight is 428 g/mol. The topological polar surface area (TPSA) is 67.9 Å². The first kappa shape index (κ1) is 21.2. The molecule has 0 atom stereocenters. The highest BCUT2D eigenvalue weighted by molar-refractivity contribution is 6.31. The van der Waals surface area contributed by atoms with Crippen LogP contribution >= 0.6 is 0 Å². The van der Waals surface area contributed by atoms with Crippen molar-refractivity contribution in [3.63, 3.8) is 0 Å². The second-order valence-corrected chi connectivity index (χ2v) is 7.46. The second kappa shape index (κ2) is 9.39. The van der Waals surface area contributed by atoms with Gasteiger partial charge in [0.25, 0.3) is 11.8 Å². The number of amides is 2. The Morgan fingerprint density at radius 3 is 2.16 bits per heavy atom. The number of hydrogen-bond donors (Lipinski definition) is 1. The molecule has 1 aliphatic heterocycles. The lowest BCUT2D eigenvalue weighted by Crippen LogP contribution is -2.35. The lowest BCUT2D eigenvalue weighted by molar-refractivity contribution is -0.117. The number of ether oxygens (including phenoxy) is 2. The number of nitrogens with zero attached hydrogens (tertiary/aromatic N) is 1. The van der Waals surface area contributed by atoms with Crippen LogP contribution < -0.4 is 19.9 Å². The molecular formula is C26H24N2O4. The molecule has 0 unspecified atom stereocenters. The summed E-state index contributed by atoms with van der Waals surface area (Å²) in [6, 6.07) is 22.3. The summed E-state index contributed by atoms with van der Waals surface area (Å²) in [5, 5.41) is 1.25. The highest BCUT2D eigenvalue weighted by atomic mass is 16.5. The maximum Gasteiger partial charge on any atom is 0.282 e. The zero-order valence-corrected chi connectivity index (χ0v) is 18.0. The average Bonchev–Trinajstić information content (AvgIpc) is 3.08. The first-order valence-electron chi connectivity index (χ1n) is 10.4. The molecule has 4 rings (SSSR count). The van der Waals surface area contributed by atoms with Gasteiger partial charge in [0.05, 0.1) is 5.69 Å². The van der Waals surface area contributed by atoms with E-state index in [4.69, 9.17) is 9.47 Å². The molecular weight excluding hydrogens is 404 g/mol. The second-order valence-electron chi connectivity index (χ2n) is 7.46. The van der Waals surface area contributed by atoms with Crippen molar-refractivity contribution in [2.24, 2.45) is 0 Å². The number of rotatable bonds is 7. The summed E-state index contributed by atoms with van der Waals surface area (Å²) in [4.78, 5) is 25.0. The highest BCUT2D eigenvalue weighted by Crippen LogP contribution is 2.23. The minimum atomic E-state index is -0.428. The molecule has 0 bridgehead atoms. The normalized spacial score (nSPS) is 14.6. The molecule has 1 N–H and O–H groups in total. The van der Waals surface area contributed by atoms with Crippen LogP contribution in [0.5, 0.6) is 11.5 Å². The van der Waals surface area contributed by atoms with Gasteiger partial charge in [0.15, 0.2) is 0 Å². The van der Waals surface area contributed by atoms with Crippen LogP contribution in [0.15, 0.2) is 78.4 Å². The summed E-state index contributed by atoms with van der Waals surface area (Å²) >= 11 is 0. The summed E-state index contributed by atoms with van der Waals surface area (Å²) in [6.45, 7) is 4.87. The number of benzene rings is 3. The standard InChI is InChI=1S/C26H24N2O4/c1-18-7-6-8-19(2)24(18)32-16-15-31-22-13-11-20(12-14-22)17-23-25(29)27-28(26(23)30)21-9-4-3-5-10-21/h3-14,17H,15-16H2,1-2H3,(H,27,29)/b23-17+. The molecule has 162 valence electrons. The SMILES string of the molecule is Cc1cccc(C)c1OCCOc1ccc(/C=C2\C(=O)NN(c3ccccc3)C2=O)cc1. The van der Waals surface area contributed by atoms with Gasteiger partial charge in [-0.05, 0) is 60.9 Å². The van der Waals surface area contributed by atoms with Crippen LogP contribution in [0.2, 0.25) is 0 Å². The van der Waals surface area contributed by atoms with Crippen molar-refractivity contribution in [1.29, 1.82) is 0 Å². The molecule has 0 radical (unpaired) electrons. The summed E-state index contributed by atoms with van der Waals surface area (Å²) in [5.41, 5.74) is 6.22. The summed E-state index contributed by atoms with van der Waals surface area (Å²) in [7, 11) is 0. The van der Waals surface area contributed by atoms with Crippen LogP contribution in [0.25, 0.3) is 6.08 Å². The Balaban J connectivity index is 1.35. The number of aryl methyl sites for hydroxylation is 2. The Morgan fingerprint density at radius 2 is 1.47 bits per heavy atom. The van der Waals surface area contributed by atoms with Gasteiger partial charge >= 0.3 is 0 Å². The van der Waals surface area contributed by atoms with Crippen molar-refractivity contribution in [3.8, 4) is 11.5 Å². The van der Waals surface area contributed by atoms with E-state index in [1.807, 2.05) is 50.2 Å². The molecule has 1 saturated heterocycles. The van der Waals surface area contributed by atoms with Gasteiger partial charge in [0.1, 0.15) is 30.3 Å². The molecule has 1 fully saturated rings. The van der Waals surface area contributed by atoms with Gasteiger partial charge in [-0.15, -0.1) is 0 Å². The Labute approximate surface area is 187 Å². The molecule has 3 aromatic rings. The molecule has 0 aromatic heterocycles. The van der Waals surface area contributed by atoms with Gasteiger partial charge < -0.3 is 9.47 Å². The van der Waals surface area contributed by atoms with Crippen LogP contribution in [0.4, 0.5) is 5.69 Å². The largest absolute Gasteiger partial charge is 0.490 e. The summed E-state index contributed by atoms with van der Waals surface area (Å²) in [5.74, 6) is 0.764. The molecule has 6 heteroatoms. The first-order valence-corrected chi connectivity index (χ1v) is 10.4. The lowest BCUT2D eigenvalue weighted by atomic mass is 10.1. The van der Waals surface area contributed by atoms with Crippen LogP contribution in [-0.2, 0) is 9.59 Å². The highest BCUT2D eigenvalue weighted by Gasteiger charge is 2.34. The number of hydrogen-bond acceptors (Lipinski definition) is 4. The maximum atomic E-state index is 12.7. The fourth-order valence-electron chi connectivity index (χ4n) is 3.47. The van der Waals surface area contributed by atoms with Gasteiger partial charge in [0.2, 0.25) is 0 Å². The van der Waals surface area contributed by atoms with Crippen molar-refractivity contribution in [2.45, 2.75) is 13.8 Å². The molecule has 1 aliphatic rings. The Morgan fingerprint density at radius 1 is 0.812 bits per heavy atom. The number of hydrazine groups is 1. The van der Waals surface area contributed by atoms with E-state index in [-0.39, 0.29) is 11.5 Å². The first-order chi connectivity index (χ1) is 15.5. The third-order valence-electron chi connectivity index (χ3n) is 5.10. The van der Waals surface area contributed by atoms with Crippen molar-refractivity contribution >= 4 is 23.6 Å². The van der Waals surface area contributed by atoms with E-state index in [1.165, 1.54) is 5.01 Å². The molecule has 32 heavy (non-hydrogen) atoms. The van der Waals surface area contributed by atoms with Crippen LogP contribution in [0.3, 0.4) is 0 Å². The van der Waals surface area contributed by atoms with Gasteiger partial charge in [-0.1, -0.05) is 48.5 Å². The molecule has 2 amide bonds. The van der Waals surface area contributed by atoms with E-state index in [2.05, 4.69) is 5.43 Å². The van der Waals surface area contributed by atoms with Gasteiger partial charge in [-0.3, -0.25) is 15.0 Å². The van der Waals surface area contributed by atoms with E-state index in [1.54, 1.807) is 42.5 Å². The van der Waals surface area contributed by atoms with E-state index < -0.39 is 5.91 Å². The molecule has 0 spiro atoms. The number of carbonyl (C=O) groups excluding carboxylic acids is 2. The van der Waals surface area contributed by atoms with Crippen LogP contribution in [-0.4, -0.2) is 25.0 Å². The third kappa shape index (κ3) is 4.64. The van der Waals surface area contributed by atoms with Gasteiger partial charge in [0, 0.05) is 0 Å². The van der Waals surface area contributed by atoms with E-state index in [0.717, 1.165) is 22.4 Å². The van der Waals surface area contributed by atoms with Crippen molar-refractivity contribution in [3.05, 3.63) is 95.1 Å².